The van der Waals surface area contributed by atoms with Crippen LogP contribution in [0.25, 0.3) is 23.9 Å². The van der Waals surface area contributed by atoms with E-state index in [1.807, 2.05) is 48.9 Å². The third kappa shape index (κ3) is 3.26. The topological polar surface area (TPSA) is 78.2 Å². The van der Waals surface area contributed by atoms with Crippen molar-refractivity contribution in [3.63, 3.8) is 0 Å². The van der Waals surface area contributed by atoms with Gasteiger partial charge in [-0.3, -0.25) is 9.36 Å². The molecule has 6 heteroatoms. The van der Waals surface area contributed by atoms with Crippen molar-refractivity contribution in [2.75, 3.05) is 5.73 Å². The molecule has 6 nitrogen and oxygen atoms in total. The molecule has 3 aromatic heterocycles. The Balaban J connectivity index is 1.90. The van der Waals surface area contributed by atoms with Crippen LogP contribution in [-0.4, -0.2) is 19.2 Å². The van der Waals surface area contributed by atoms with Crippen molar-refractivity contribution in [2.24, 2.45) is 7.05 Å². The Morgan fingerprint density at radius 2 is 1.96 bits per heavy atom. The van der Waals surface area contributed by atoms with Gasteiger partial charge in [-0.25, -0.2) is 9.50 Å². The minimum Gasteiger partial charge on any atom is -0.384 e. The van der Waals surface area contributed by atoms with Crippen molar-refractivity contribution in [2.45, 2.75) is 38.5 Å². The lowest BCUT2D eigenvalue weighted by Crippen LogP contribution is -2.23. The Bertz CT molecular complexity index is 1110. The molecular weight excluding hydrogens is 350 g/mol. The lowest BCUT2D eigenvalue weighted by Gasteiger charge is -2.09. The molecule has 1 saturated carbocycles. The van der Waals surface area contributed by atoms with Crippen LogP contribution in [0.5, 0.6) is 0 Å². The van der Waals surface area contributed by atoms with Crippen molar-refractivity contribution in [1.29, 1.82) is 0 Å². The zero-order chi connectivity index (χ0) is 19.7. The molecule has 0 atom stereocenters. The van der Waals surface area contributed by atoms with Gasteiger partial charge >= 0.3 is 0 Å². The zero-order valence-electron chi connectivity index (χ0n) is 16.3. The molecule has 28 heavy (non-hydrogen) atoms. The molecule has 0 aliphatic heterocycles. The minimum atomic E-state index is -0.0291. The highest BCUT2D eigenvalue weighted by Gasteiger charge is 2.22. The highest BCUT2D eigenvalue weighted by molar-refractivity contribution is 5.74. The number of aromatic nitrogens is 4. The first-order chi connectivity index (χ1) is 13.6. The molecule has 144 valence electrons. The van der Waals surface area contributed by atoms with Crippen molar-refractivity contribution >= 4 is 29.7 Å². The standard InChI is InChI=1S/C22H25N5O/c1-3-6-17-19(11-9-15-10-12-20(23)24-14-15)27-21(26(2)22(17)28)13-18(25-27)16-7-4-5-8-16/h3,6,9-14,16H,4-5,7-8H2,1-2H3,(H2,23,24)/b6-3-,11-9+. The first-order valence-corrected chi connectivity index (χ1v) is 9.73. The Hall–Kier alpha value is -3.15. The third-order valence-corrected chi connectivity index (χ3v) is 5.44. The number of nitrogen functional groups attached to an aromatic ring is 1. The van der Waals surface area contributed by atoms with Gasteiger partial charge in [0.1, 0.15) is 11.5 Å². The van der Waals surface area contributed by atoms with Crippen molar-refractivity contribution in [3.8, 4) is 0 Å². The van der Waals surface area contributed by atoms with Gasteiger partial charge in [0.05, 0.1) is 17.0 Å². The maximum atomic E-state index is 13.0. The molecule has 0 radical (unpaired) electrons. The van der Waals surface area contributed by atoms with Crippen LogP contribution in [0.2, 0.25) is 0 Å². The molecule has 3 aromatic rings. The summed E-state index contributed by atoms with van der Waals surface area (Å²) in [6.45, 7) is 1.91. The summed E-state index contributed by atoms with van der Waals surface area (Å²) in [4.78, 5) is 17.1. The van der Waals surface area contributed by atoms with Gasteiger partial charge in [-0.2, -0.15) is 5.10 Å². The molecule has 1 fully saturated rings. The maximum Gasteiger partial charge on any atom is 0.261 e. The number of nitrogens with zero attached hydrogens (tertiary/aromatic N) is 4. The van der Waals surface area contributed by atoms with Crippen LogP contribution in [0.1, 0.15) is 61.0 Å². The van der Waals surface area contributed by atoms with E-state index < -0.39 is 0 Å². The highest BCUT2D eigenvalue weighted by Crippen LogP contribution is 2.34. The van der Waals surface area contributed by atoms with E-state index in [0.717, 1.165) is 22.6 Å². The quantitative estimate of drug-likeness (QED) is 0.751. The van der Waals surface area contributed by atoms with Gasteiger partial charge in [-0.05, 0) is 43.5 Å². The lowest BCUT2D eigenvalue weighted by molar-refractivity contribution is 0.681. The van der Waals surface area contributed by atoms with Crippen molar-refractivity contribution in [3.05, 3.63) is 63.3 Å². The summed E-state index contributed by atoms with van der Waals surface area (Å²) >= 11 is 0. The predicted molar refractivity (Wildman–Crippen MR) is 114 cm³/mol. The van der Waals surface area contributed by atoms with Gasteiger partial charge in [-0.15, -0.1) is 0 Å². The van der Waals surface area contributed by atoms with Gasteiger partial charge in [0.2, 0.25) is 0 Å². The van der Waals surface area contributed by atoms with Gasteiger partial charge < -0.3 is 5.73 Å². The number of pyridine rings is 1. The van der Waals surface area contributed by atoms with E-state index in [4.69, 9.17) is 10.8 Å². The summed E-state index contributed by atoms with van der Waals surface area (Å²) in [6, 6.07) is 5.73. The molecule has 0 saturated heterocycles. The lowest BCUT2D eigenvalue weighted by atomic mass is 10.1. The number of nitrogens with two attached hydrogens (primary N) is 1. The van der Waals surface area contributed by atoms with E-state index in [2.05, 4.69) is 11.1 Å². The molecule has 0 spiro atoms. The summed E-state index contributed by atoms with van der Waals surface area (Å²) in [5, 5.41) is 4.90. The zero-order valence-corrected chi connectivity index (χ0v) is 16.3. The number of hydrogen-bond donors (Lipinski definition) is 1. The first kappa shape index (κ1) is 18.2. The van der Waals surface area contributed by atoms with Crippen LogP contribution in [0.4, 0.5) is 5.82 Å². The van der Waals surface area contributed by atoms with Crippen LogP contribution in [-0.2, 0) is 7.05 Å². The van der Waals surface area contributed by atoms with E-state index in [9.17, 15) is 4.79 Å². The Kier molecular flexibility index (Phi) is 4.86. The second kappa shape index (κ2) is 7.46. The molecule has 2 N–H and O–H groups in total. The number of allylic oxidation sites excluding steroid dienone is 1. The number of hydrogen-bond acceptors (Lipinski definition) is 4. The SMILES string of the molecule is C/C=C\c1c(/C=C/c2ccc(N)nc2)n2nc(C3CCCC3)cc2n(C)c1=O. The molecule has 0 bridgehead atoms. The number of rotatable bonds is 4. The second-order valence-corrected chi connectivity index (χ2v) is 7.33. The van der Waals surface area contributed by atoms with Crippen LogP contribution in [0.15, 0.2) is 35.3 Å². The van der Waals surface area contributed by atoms with Gasteiger partial charge in [-0.1, -0.05) is 31.1 Å². The summed E-state index contributed by atoms with van der Waals surface area (Å²) in [5.74, 6) is 0.967. The highest BCUT2D eigenvalue weighted by atomic mass is 16.1. The molecule has 1 aliphatic rings. The van der Waals surface area contributed by atoms with E-state index in [1.54, 1.807) is 16.8 Å². The van der Waals surface area contributed by atoms with E-state index in [0.29, 0.717) is 17.3 Å². The fourth-order valence-electron chi connectivity index (χ4n) is 3.91. The van der Waals surface area contributed by atoms with Crippen molar-refractivity contribution in [1.82, 2.24) is 19.2 Å². The molecule has 0 aromatic carbocycles. The van der Waals surface area contributed by atoms with Crippen LogP contribution in [0.3, 0.4) is 0 Å². The summed E-state index contributed by atoms with van der Waals surface area (Å²) in [6.07, 6.45) is 14.1. The van der Waals surface area contributed by atoms with Crippen LogP contribution in [0, 0.1) is 0 Å². The molecule has 4 rings (SSSR count). The smallest absolute Gasteiger partial charge is 0.261 e. The fraction of sp³-hybridized carbons (Fsp3) is 0.318. The van der Waals surface area contributed by atoms with Crippen LogP contribution >= 0.6 is 0 Å². The molecule has 0 amide bonds. The van der Waals surface area contributed by atoms with Crippen LogP contribution < -0.4 is 11.3 Å². The third-order valence-electron chi connectivity index (χ3n) is 5.44. The minimum absolute atomic E-state index is 0.0291. The monoisotopic (exact) mass is 375 g/mol. The van der Waals surface area contributed by atoms with Gasteiger partial charge in [0, 0.05) is 25.2 Å². The first-order valence-electron chi connectivity index (χ1n) is 9.73. The Morgan fingerprint density at radius 3 is 2.64 bits per heavy atom. The van der Waals surface area contributed by atoms with Gasteiger partial charge in [0.25, 0.3) is 5.56 Å². The average molecular weight is 375 g/mol. The molecule has 3 heterocycles. The van der Waals surface area contributed by atoms with Crippen molar-refractivity contribution < 1.29 is 0 Å². The maximum absolute atomic E-state index is 13.0. The number of aryl methyl sites for hydroxylation is 1. The van der Waals surface area contributed by atoms with E-state index in [-0.39, 0.29) is 5.56 Å². The summed E-state index contributed by atoms with van der Waals surface area (Å²) in [5.41, 5.74) is 9.85. The number of fused-ring (bicyclic) bond motifs is 1. The normalized spacial score (nSPS) is 15.5. The molecule has 1 aliphatic carbocycles. The van der Waals surface area contributed by atoms with E-state index in [1.165, 1.54) is 25.7 Å². The Morgan fingerprint density at radius 1 is 1.18 bits per heavy atom. The molecular formula is C22H25N5O. The number of anilines is 1. The summed E-state index contributed by atoms with van der Waals surface area (Å²) in [7, 11) is 1.81. The second-order valence-electron chi connectivity index (χ2n) is 7.33. The Labute approximate surface area is 164 Å². The average Bonchev–Trinajstić information content (AvgIpc) is 3.37. The van der Waals surface area contributed by atoms with Gasteiger partial charge in [0.15, 0.2) is 0 Å². The predicted octanol–water partition coefficient (Wildman–Crippen LogP) is 3.87. The molecule has 0 unspecified atom stereocenters. The fourth-order valence-corrected chi connectivity index (χ4v) is 3.91. The van der Waals surface area contributed by atoms with E-state index >= 15 is 0 Å². The summed E-state index contributed by atoms with van der Waals surface area (Å²) < 4.78 is 3.58. The largest absolute Gasteiger partial charge is 0.384 e.